The number of carbonyl (C=O) groups is 2. The van der Waals surface area contributed by atoms with E-state index in [-0.39, 0.29) is 11.9 Å². The van der Waals surface area contributed by atoms with Gasteiger partial charge in [0.25, 0.3) is 0 Å². The average Bonchev–Trinajstić information content (AvgIpc) is 2.43. The lowest BCUT2D eigenvalue weighted by Crippen LogP contribution is -2.43. The molecule has 116 valence electrons. The molecule has 1 aromatic carbocycles. The summed E-state index contributed by atoms with van der Waals surface area (Å²) in [7, 11) is 1.34. The van der Waals surface area contributed by atoms with Gasteiger partial charge < -0.3 is 10.1 Å². The largest absolute Gasteiger partial charge is 0.468 e. The van der Waals surface area contributed by atoms with E-state index in [0.29, 0.717) is 13.0 Å². The molecule has 0 bridgehead atoms. The fraction of sp³-hybridized carbons (Fsp3) is 0.500. The maximum atomic E-state index is 12.3. The first-order valence-corrected chi connectivity index (χ1v) is 7.58. The van der Waals surface area contributed by atoms with Gasteiger partial charge in [0.1, 0.15) is 4.32 Å². The first-order valence-electron chi connectivity index (χ1n) is 6.78. The second-order valence-corrected chi connectivity index (χ2v) is 7.67. The van der Waals surface area contributed by atoms with Crippen molar-refractivity contribution in [1.82, 2.24) is 5.32 Å². The number of benzene rings is 1. The Labute approximate surface area is 134 Å². The molecular weight excluding hydrogens is 334 g/mol. The van der Waals surface area contributed by atoms with Crippen LogP contribution in [0.15, 0.2) is 30.3 Å². The Morgan fingerprint density at radius 3 is 2.29 bits per heavy atom. The van der Waals surface area contributed by atoms with Gasteiger partial charge in [0.15, 0.2) is 0 Å². The van der Waals surface area contributed by atoms with Crippen LogP contribution in [-0.2, 0) is 20.9 Å². The minimum absolute atomic E-state index is 0.0964. The number of amides is 1. The molecule has 1 atom stereocenters. The van der Waals surface area contributed by atoms with Crippen LogP contribution >= 0.6 is 15.9 Å². The molecule has 0 aliphatic heterocycles. The molecule has 1 amide bonds. The highest BCUT2D eigenvalue weighted by molar-refractivity contribution is 9.10. The summed E-state index contributed by atoms with van der Waals surface area (Å²) in [5.74, 6) is -0.479. The van der Waals surface area contributed by atoms with Crippen molar-refractivity contribution in [1.29, 1.82) is 0 Å². The highest BCUT2D eigenvalue weighted by Gasteiger charge is 2.41. The van der Waals surface area contributed by atoms with E-state index in [4.69, 9.17) is 4.74 Å². The Bertz CT molecular complexity index is 498. The van der Waals surface area contributed by atoms with Gasteiger partial charge >= 0.3 is 5.97 Å². The number of hydrogen-bond acceptors (Lipinski definition) is 3. The van der Waals surface area contributed by atoms with E-state index in [1.54, 1.807) is 6.92 Å². The first-order chi connectivity index (χ1) is 9.69. The normalized spacial score (nSPS) is 14.1. The summed E-state index contributed by atoms with van der Waals surface area (Å²) >= 11 is 3.35. The van der Waals surface area contributed by atoms with Gasteiger partial charge in [0.2, 0.25) is 5.91 Å². The van der Waals surface area contributed by atoms with Gasteiger partial charge in [0, 0.05) is 12.0 Å². The van der Waals surface area contributed by atoms with Gasteiger partial charge in [-0.3, -0.25) is 9.59 Å². The van der Waals surface area contributed by atoms with E-state index in [1.165, 1.54) is 7.11 Å². The van der Waals surface area contributed by atoms with Crippen LogP contribution in [0.3, 0.4) is 0 Å². The molecule has 1 rings (SSSR count). The zero-order valence-corrected chi connectivity index (χ0v) is 14.5. The van der Waals surface area contributed by atoms with Crippen LogP contribution in [0.5, 0.6) is 0 Å². The van der Waals surface area contributed by atoms with Crippen molar-refractivity contribution in [2.45, 2.75) is 38.1 Å². The zero-order valence-electron chi connectivity index (χ0n) is 12.9. The molecule has 1 aromatic rings. The summed E-state index contributed by atoms with van der Waals surface area (Å²) in [5, 5.41) is 2.91. The highest BCUT2D eigenvalue weighted by Crippen LogP contribution is 2.35. The number of hydrogen-bond donors (Lipinski definition) is 1. The second-order valence-electron chi connectivity index (χ2n) is 5.92. The predicted molar refractivity (Wildman–Crippen MR) is 86.0 cm³/mol. The third kappa shape index (κ3) is 5.16. The number of esters is 1. The summed E-state index contributed by atoms with van der Waals surface area (Å²) in [6.07, 6.45) is 0.341. The third-order valence-corrected chi connectivity index (χ3v) is 3.90. The topological polar surface area (TPSA) is 55.4 Å². The fourth-order valence-corrected chi connectivity index (χ4v) is 3.08. The van der Waals surface area contributed by atoms with Crippen molar-refractivity contribution in [3.63, 3.8) is 0 Å². The lowest BCUT2D eigenvalue weighted by molar-refractivity contribution is -0.144. The molecule has 0 aliphatic rings. The van der Waals surface area contributed by atoms with E-state index < -0.39 is 9.74 Å². The zero-order chi connectivity index (χ0) is 16.1. The van der Waals surface area contributed by atoms with Crippen molar-refractivity contribution in [3.05, 3.63) is 35.9 Å². The lowest BCUT2D eigenvalue weighted by Gasteiger charge is -2.30. The molecule has 0 fully saturated rings. The minimum Gasteiger partial charge on any atom is -0.468 e. The molecule has 0 radical (unpaired) electrons. The first kappa shape index (κ1) is 17.7. The summed E-state index contributed by atoms with van der Waals surface area (Å²) in [6.45, 7) is 5.82. The number of nitrogens with one attached hydrogen (secondary N) is 1. The van der Waals surface area contributed by atoms with Crippen LogP contribution in [0.4, 0.5) is 0 Å². The summed E-state index contributed by atoms with van der Waals surface area (Å²) in [5.41, 5.74) is 0.345. The predicted octanol–water partition coefficient (Wildman–Crippen LogP) is 3.05. The average molecular weight is 356 g/mol. The molecule has 1 N–H and O–H groups in total. The molecule has 0 spiro atoms. The van der Waals surface area contributed by atoms with Crippen molar-refractivity contribution in [2.24, 2.45) is 5.41 Å². The van der Waals surface area contributed by atoms with E-state index in [0.717, 1.165) is 5.56 Å². The third-order valence-electron chi connectivity index (χ3n) is 3.30. The lowest BCUT2D eigenvalue weighted by atomic mass is 9.82. The Morgan fingerprint density at radius 2 is 1.76 bits per heavy atom. The van der Waals surface area contributed by atoms with E-state index in [2.05, 4.69) is 21.2 Å². The summed E-state index contributed by atoms with van der Waals surface area (Å²) < 4.78 is 3.87. The highest BCUT2D eigenvalue weighted by atomic mass is 79.9. The molecule has 0 saturated carbocycles. The maximum Gasteiger partial charge on any atom is 0.322 e. The molecule has 5 heteroatoms. The van der Waals surface area contributed by atoms with Gasteiger partial charge in [0.05, 0.1) is 7.11 Å². The van der Waals surface area contributed by atoms with Crippen molar-refractivity contribution in [3.8, 4) is 0 Å². The molecule has 1 unspecified atom stereocenters. The molecule has 0 aliphatic carbocycles. The maximum absolute atomic E-state index is 12.3. The second kappa shape index (κ2) is 7.07. The van der Waals surface area contributed by atoms with Crippen LogP contribution in [0, 0.1) is 5.41 Å². The van der Waals surface area contributed by atoms with Gasteiger partial charge in [-0.05, 0) is 18.9 Å². The van der Waals surface area contributed by atoms with Crippen molar-refractivity contribution < 1.29 is 14.3 Å². The summed E-state index contributed by atoms with van der Waals surface area (Å²) in [4.78, 5) is 24.1. The van der Waals surface area contributed by atoms with Gasteiger partial charge in [-0.25, -0.2) is 0 Å². The van der Waals surface area contributed by atoms with Crippen molar-refractivity contribution in [2.75, 3.05) is 7.11 Å². The van der Waals surface area contributed by atoms with Gasteiger partial charge in [-0.2, -0.15) is 0 Å². The van der Waals surface area contributed by atoms with Crippen LogP contribution in [-0.4, -0.2) is 23.3 Å². The number of methoxy groups -OCH3 is 1. The minimum atomic E-state index is -0.880. The van der Waals surface area contributed by atoms with Gasteiger partial charge in [-0.15, -0.1) is 0 Å². The monoisotopic (exact) mass is 355 g/mol. The Hall–Kier alpha value is -1.36. The molecule has 0 heterocycles. The smallest absolute Gasteiger partial charge is 0.322 e. The SMILES string of the molecule is COC(=O)C(C)(Br)CC(C)(C)C(=O)NCc1ccccc1. The van der Waals surface area contributed by atoms with E-state index >= 15 is 0 Å². The number of ether oxygens (including phenoxy) is 1. The van der Waals surface area contributed by atoms with Crippen LogP contribution in [0.25, 0.3) is 0 Å². The van der Waals surface area contributed by atoms with Crippen molar-refractivity contribution >= 4 is 27.8 Å². The molecule has 4 nitrogen and oxygen atoms in total. The van der Waals surface area contributed by atoms with Crippen LogP contribution in [0.1, 0.15) is 32.8 Å². The Morgan fingerprint density at radius 1 is 1.19 bits per heavy atom. The van der Waals surface area contributed by atoms with Crippen LogP contribution < -0.4 is 5.32 Å². The quantitative estimate of drug-likeness (QED) is 0.630. The van der Waals surface area contributed by atoms with Crippen LogP contribution in [0.2, 0.25) is 0 Å². The van der Waals surface area contributed by atoms with E-state index in [1.807, 2.05) is 44.2 Å². The molecule has 0 aromatic heterocycles. The Kier molecular flexibility index (Phi) is 5.96. The Balaban J connectivity index is 2.65. The number of rotatable bonds is 6. The standard InChI is InChI=1S/C16H22BrNO3/c1-15(2,11-16(3,17)14(20)21-4)13(19)18-10-12-8-6-5-7-9-12/h5-9H,10-11H2,1-4H3,(H,18,19). The molecule has 0 saturated heterocycles. The number of alkyl halides is 1. The molecular formula is C16H22BrNO3. The number of carbonyl (C=O) groups excluding carboxylic acids is 2. The molecule has 21 heavy (non-hydrogen) atoms. The fourth-order valence-electron chi connectivity index (χ4n) is 2.21. The summed E-state index contributed by atoms with van der Waals surface area (Å²) in [6, 6.07) is 9.70. The number of halogens is 1. The van der Waals surface area contributed by atoms with E-state index in [9.17, 15) is 9.59 Å². The van der Waals surface area contributed by atoms with Gasteiger partial charge in [-0.1, -0.05) is 60.1 Å².